The van der Waals surface area contributed by atoms with Gasteiger partial charge in [-0.3, -0.25) is 9.89 Å². The van der Waals surface area contributed by atoms with Crippen molar-refractivity contribution in [2.45, 2.75) is 38.1 Å². The van der Waals surface area contributed by atoms with E-state index in [1.165, 1.54) is 18.2 Å². The number of nitrogens with zero attached hydrogens (tertiary/aromatic N) is 1. The Labute approximate surface area is 136 Å². The monoisotopic (exact) mass is 339 g/mol. The molecule has 1 heterocycles. The van der Waals surface area contributed by atoms with Crippen LogP contribution in [0, 0.1) is 0 Å². The van der Waals surface area contributed by atoms with Gasteiger partial charge in [-0.2, -0.15) is 5.10 Å². The molecule has 2 aromatic rings. The van der Waals surface area contributed by atoms with E-state index in [-0.39, 0.29) is 24.1 Å². The first-order chi connectivity index (χ1) is 11.4. The number of ether oxygens (including phenoxy) is 1. The van der Waals surface area contributed by atoms with Gasteiger partial charge >= 0.3 is 6.36 Å². The second kappa shape index (κ2) is 6.54. The number of halogens is 3. The summed E-state index contributed by atoms with van der Waals surface area (Å²) in [7, 11) is 0. The van der Waals surface area contributed by atoms with Crippen molar-refractivity contribution in [1.82, 2.24) is 15.5 Å². The molecule has 8 heteroatoms. The van der Waals surface area contributed by atoms with Gasteiger partial charge in [0.2, 0.25) is 5.91 Å². The first-order valence-electron chi connectivity index (χ1n) is 7.54. The third kappa shape index (κ3) is 4.27. The molecule has 1 amide bonds. The van der Waals surface area contributed by atoms with Gasteiger partial charge in [-0.1, -0.05) is 12.1 Å². The topological polar surface area (TPSA) is 67.0 Å². The average molecular weight is 339 g/mol. The van der Waals surface area contributed by atoms with E-state index in [0.717, 1.165) is 24.1 Å². The van der Waals surface area contributed by atoms with Crippen LogP contribution < -0.4 is 10.1 Å². The molecule has 3 rings (SSSR count). The zero-order valence-corrected chi connectivity index (χ0v) is 12.7. The number of nitrogens with one attached hydrogen (secondary N) is 2. The lowest BCUT2D eigenvalue weighted by atomic mass is 9.93. The number of fused-ring (bicyclic) bond motifs is 1. The highest BCUT2D eigenvalue weighted by Crippen LogP contribution is 2.23. The molecule has 1 aliphatic carbocycles. The average Bonchev–Trinajstić information content (AvgIpc) is 2.93. The summed E-state index contributed by atoms with van der Waals surface area (Å²) >= 11 is 0. The summed E-state index contributed by atoms with van der Waals surface area (Å²) in [4.78, 5) is 12.1. The molecule has 0 fully saturated rings. The minimum atomic E-state index is -4.75. The molecule has 1 unspecified atom stereocenters. The largest absolute Gasteiger partial charge is 0.573 e. The molecule has 5 nitrogen and oxygen atoms in total. The van der Waals surface area contributed by atoms with E-state index in [9.17, 15) is 18.0 Å². The minimum Gasteiger partial charge on any atom is -0.406 e. The second-order valence-electron chi connectivity index (χ2n) is 5.75. The highest BCUT2D eigenvalue weighted by Gasteiger charge is 2.31. The summed E-state index contributed by atoms with van der Waals surface area (Å²) in [5.41, 5.74) is 2.65. The Hall–Kier alpha value is -2.51. The summed E-state index contributed by atoms with van der Waals surface area (Å²) in [6.45, 7) is 0. The molecule has 0 aliphatic heterocycles. The van der Waals surface area contributed by atoms with Crippen molar-refractivity contribution in [3.8, 4) is 5.75 Å². The number of hydrogen-bond donors (Lipinski definition) is 2. The van der Waals surface area contributed by atoms with Gasteiger partial charge in [0, 0.05) is 18.2 Å². The van der Waals surface area contributed by atoms with E-state index in [0.29, 0.717) is 12.0 Å². The second-order valence-corrected chi connectivity index (χ2v) is 5.75. The lowest BCUT2D eigenvalue weighted by Gasteiger charge is -2.22. The Morgan fingerprint density at radius 2 is 2.25 bits per heavy atom. The van der Waals surface area contributed by atoms with E-state index >= 15 is 0 Å². The van der Waals surface area contributed by atoms with Crippen molar-refractivity contribution in [2.75, 3.05) is 0 Å². The number of aromatic nitrogens is 2. The molecule has 24 heavy (non-hydrogen) atoms. The van der Waals surface area contributed by atoms with Crippen molar-refractivity contribution < 1.29 is 22.7 Å². The zero-order valence-electron chi connectivity index (χ0n) is 12.7. The van der Waals surface area contributed by atoms with Crippen molar-refractivity contribution >= 4 is 5.91 Å². The van der Waals surface area contributed by atoms with Crippen LogP contribution in [0.1, 0.15) is 23.2 Å². The zero-order chi connectivity index (χ0) is 17.2. The molecule has 0 saturated carbocycles. The maximum absolute atomic E-state index is 12.2. The predicted octanol–water partition coefficient (Wildman–Crippen LogP) is 2.52. The fourth-order valence-corrected chi connectivity index (χ4v) is 2.85. The number of aryl methyl sites for hydroxylation is 1. The van der Waals surface area contributed by atoms with Crippen LogP contribution in [0.15, 0.2) is 30.5 Å². The molecular weight excluding hydrogens is 323 g/mol. The number of alkyl halides is 3. The molecule has 1 aromatic heterocycles. The normalized spacial score (nSPS) is 17.2. The van der Waals surface area contributed by atoms with Crippen molar-refractivity contribution in [3.63, 3.8) is 0 Å². The van der Waals surface area contributed by atoms with Gasteiger partial charge < -0.3 is 10.1 Å². The maximum atomic E-state index is 12.2. The van der Waals surface area contributed by atoms with Crippen LogP contribution in [0.3, 0.4) is 0 Å². The van der Waals surface area contributed by atoms with E-state index in [4.69, 9.17) is 0 Å². The summed E-state index contributed by atoms with van der Waals surface area (Å²) < 4.78 is 40.6. The summed E-state index contributed by atoms with van der Waals surface area (Å²) in [5.74, 6) is -0.556. The molecule has 0 radical (unpaired) electrons. The SMILES string of the molecule is O=C(Cc1cccc(OC(F)(F)F)c1)NC1CCc2cn[nH]c2C1. The van der Waals surface area contributed by atoms with Gasteiger partial charge in [0.05, 0.1) is 12.6 Å². The first kappa shape index (κ1) is 16.4. The van der Waals surface area contributed by atoms with Gasteiger partial charge in [-0.25, -0.2) is 0 Å². The lowest BCUT2D eigenvalue weighted by molar-refractivity contribution is -0.274. The number of carbonyl (C=O) groups excluding carboxylic acids is 1. The van der Waals surface area contributed by atoms with E-state index in [2.05, 4.69) is 20.3 Å². The fraction of sp³-hybridized carbons (Fsp3) is 0.375. The Balaban J connectivity index is 1.56. The maximum Gasteiger partial charge on any atom is 0.573 e. The number of hydrogen-bond acceptors (Lipinski definition) is 3. The van der Waals surface area contributed by atoms with Gasteiger partial charge in [-0.15, -0.1) is 13.2 Å². The molecule has 0 spiro atoms. The van der Waals surface area contributed by atoms with Crippen LogP contribution in [0.5, 0.6) is 5.75 Å². The van der Waals surface area contributed by atoms with Gasteiger partial charge in [0.1, 0.15) is 5.75 Å². The van der Waals surface area contributed by atoms with Crippen molar-refractivity contribution in [1.29, 1.82) is 0 Å². The van der Waals surface area contributed by atoms with Crippen LogP contribution >= 0.6 is 0 Å². The number of aromatic amines is 1. The molecule has 1 atom stereocenters. The van der Waals surface area contributed by atoms with Crippen LogP contribution in [-0.4, -0.2) is 28.5 Å². The summed E-state index contributed by atoms with van der Waals surface area (Å²) in [6, 6.07) is 5.45. The number of rotatable bonds is 4. The highest BCUT2D eigenvalue weighted by atomic mass is 19.4. The van der Waals surface area contributed by atoms with E-state index in [1.807, 2.05) is 0 Å². The van der Waals surface area contributed by atoms with Gasteiger partial charge in [0.15, 0.2) is 0 Å². The highest BCUT2D eigenvalue weighted by molar-refractivity contribution is 5.79. The molecule has 1 aromatic carbocycles. The van der Waals surface area contributed by atoms with Crippen LogP contribution in [0.4, 0.5) is 13.2 Å². The Kier molecular flexibility index (Phi) is 4.46. The molecular formula is C16H16F3N3O2. The Morgan fingerprint density at radius 3 is 3.04 bits per heavy atom. The van der Waals surface area contributed by atoms with Gasteiger partial charge in [-0.05, 0) is 36.1 Å². The van der Waals surface area contributed by atoms with Crippen molar-refractivity contribution in [3.05, 3.63) is 47.3 Å². The third-order valence-corrected chi connectivity index (χ3v) is 3.88. The van der Waals surface area contributed by atoms with Crippen LogP contribution in [0.25, 0.3) is 0 Å². The first-order valence-corrected chi connectivity index (χ1v) is 7.54. The van der Waals surface area contributed by atoms with E-state index in [1.54, 1.807) is 12.3 Å². The lowest BCUT2D eigenvalue weighted by Crippen LogP contribution is -2.39. The summed E-state index contributed by atoms with van der Waals surface area (Å²) in [6.07, 6.45) is -0.620. The molecule has 128 valence electrons. The molecule has 2 N–H and O–H groups in total. The minimum absolute atomic E-state index is 0.0000535. The number of H-pyrrole nitrogens is 1. The standard InChI is InChI=1S/C16H16F3N3O2/c17-16(18,19)24-13-3-1-2-10(6-13)7-15(23)21-12-5-4-11-9-20-22-14(11)8-12/h1-3,6,9,12H,4-5,7-8H2,(H,20,22)(H,21,23). The van der Waals surface area contributed by atoms with Crippen LogP contribution in [0.2, 0.25) is 0 Å². The fourth-order valence-electron chi connectivity index (χ4n) is 2.85. The summed E-state index contributed by atoms with van der Waals surface area (Å²) in [5, 5.41) is 9.81. The van der Waals surface area contributed by atoms with E-state index < -0.39 is 6.36 Å². The molecule has 0 saturated heterocycles. The number of benzene rings is 1. The van der Waals surface area contributed by atoms with Gasteiger partial charge in [0.25, 0.3) is 0 Å². The third-order valence-electron chi connectivity index (χ3n) is 3.88. The Morgan fingerprint density at radius 1 is 1.42 bits per heavy atom. The molecule has 1 aliphatic rings. The predicted molar refractivity (Wildman–Crippen MR) is 79.4 cm³/mol. The molecule has 0 bridgehead atoms. The van der Waals surface area contributed by atoms with Crippen molar-refractivity contribution in [2.24, 2.45) is 0 Å². The quantitative estimate of drug-likeness (QED) is 0.899. The number of amides is 1. The smallest absolute Gasteiger partial charge is 0.406 e. The number of carbonyl (C=O) groups is 1. The van der Waals surface area contributed by atoms with Crippen LogP contribution in [-0.2, 0) is 24.1 Å². The Bertz CT molecular complexity index is 727.